The summed E-state index contributed by atoms with van der Waals surface area (Å²) >= 11 is 0. The summed E-state index contributed by atoms with van der Waals surface area (Å²) in [7, 11) is 1.40. The number of carbonyl (C=O) groups excluding carboxylic acids is 2. The van der Waals surface area contributed by atoms with Crippen molar-refractivity contribution in [1.29, 1.82) is 5.26 Å². The monoisotopic (exact) mass is 402 g/mol. The number of pyridine rings is 1. The smallest absolute Gasteiger partial charge is 0.343 e. The molecule has 0 fully saturated rings. The number of rotatable bonds is 6. The number of methoxy groups -OCH3 is 1. The molecule has 0 radical (unpaired) electrons. The molecule has 0 amide bonds. The van der Waals surface area contributed by atoms with E-state index in [2.05, 4.69) is 4.98 Å². The van der Waals surface area contributed by atoms with Gasteiger partial charge in [-0.2, -0.15) is 5.26 Å². The van der Waals surface area contributed by atoms with Crippen molar-refractivity contribution in [1.82, 2.24) is 4.98 Å². The Morgan fingerprint density at radius 3 is 2.33 bits per heavy atom. The molecule has 1 aromatic heterocycles. The summed E-state index contributed by atoms with van der Waals surface area (Å²) in [6.07, 6.45) is 4.33. The van der Waals surface area contributed by atoms with Gasteiger partial charge in [0.25, 0.3) is 0 Å². The summed E-state index contributed by atoms with van der Waals surface area (Å²) in [5, 5.41) is 9.38. The third-order valence-corrected chi connectivity index (χ3v) is 4.09. The molecule has 0 unspecified atom stereocenters. The van der Waals surface area contributed by atoms with Crippen LogP contribution in [0.5, 0.6) is 11.5 Å². The number of nitriles is 1. The van der Waals surface area contributed by atoms with Crippen LogP contribution in [0.3, 0.4) is 0 Å². The number of hydrogen-bond donors (Lipinski definition) is 0. The fraction of sp³-hybridized carbons (Fsp3) is 0.0435. The Kier molecular flexibility index (Phi) is 6.30. The molecule has 148 valence electrons. The van der Waals surface area contributed by atoms with Gasteiger partial charge < -0.3 is 9.47 Å². The quantitative estimate of drug-likeness (QED) is 0.201. The first kappa shape index (κ1) is 20.4. The third-order valence-electron chi connectivity index (χ3n) is 4.09. The van der Waals surface area contributed by atoms with Gasteiger partial charge in [-0.1, -0.05) is 6.07 Å². The number of ketones is 1. The summed E-state index contributed by atoms with van der Waals surface area (Å²) in [5.74, 6) is -1.17. The number of aromatic nitrogens is 1. The van der Waals surface area contributed by atoms with Crippen LogP contribution < -0.4 is 9.47 Å². The van der Waals surface area contributed by atoms with Crippen LogP contribution in [-0.4, -0.2) is 23.8 Å². The Labute approximate surface area is 171 Å². The molecule has 2 aromatic carbocycles. The predicted octanol–water partition coefficient (Wildman–Crippen LogP) is 4.24. The van der Waals surface area contributed by atoms with Crippen LogP contribution in [0.25, 0.3) is 6.08 Å². The molecule has 3 aromatic rings. The molecule has 0 spiro atoms. The van der Waals surface area contributed by atoms with Gasteiger partial charge in [-0.05, 0) is 60.2 Å². The Morgan fingerprint density at radius 1 is 1.00 bits per heavy atom. The van der Waals surface area contributed by atoms with Crippen molar-refractivity contribution in [3.63, 3.8) is 0 Å². The second kappa shape index (κ2) is 9.26. The molecule has 0 atom stereocenters. The third kappa shape index (κ3) is 4.75. The zero-order chi connectivity index (χ0) is 21.5. The van der Waals surface area contributed by atoms with Crippen molar-refractivity contribution >= 4 is 17.8 Å². The summed E-state index contributed by atoms with van der Waals surface area (Å²) in [4.78, 5) is 28.6. The van der Waals surface area contributed by atoms with Gasteiger partial charge in [0.05, 0.1) is 12.7 Å². The van der Waals surface area contributed by atoms with Gasteiger partial charge >= 0.3 is 5.97 Å². The molecule has 0 aliphatic rings. The average molecular weight is 402 g/mol. The first-order valence-electron chi connectivity index (χ1n) is 8.74. The lowest BCUT2D eigenvalue weighted by Gasteiger charge is -2.10. The number of halogens is 1. The number of benzene rings is 2. The summed E-state index contributed by atoms with van der Waals surface area (Å²) in [6, 6.07) is 14.4. The zero-order valence-corrected chi connectivity index (χ0v) is 15.8. The molecule has 0 aliphatic heterocycles. The van der Waals surface area contributed by atoms with Crippen LogP contribution in [-0.2, 0) is 0 Å². The van der Waals surface area contributed by atoms with Gasteiger partial charge in [0.2, 0.25) is 5.78 Å². The molecule has 0 saturated carbocycles. The van der Waals surface area contributed by atoms with Gasteiger partial charge in [-0.15, -0.1) is 0 Å². The van der Waals surface area contributed by atoms with Crippen LogP contribution in [0, 0.1) is 17.1 Å². The molecular formula is C23H15FN2O4. The second-order valence-electron chi connectivity index (χ2n) is 6.04. The van der Waals surface area contributed by atoms with Crippen LogP contribution in [0.15, 0.2) is 72.6 Å². The molecule has 0 aliphatic carbocycles. The molecule has 0 saturated heterocycles. The average Bonchev–Trinajstić information content (AvgIpc) is 2.78. The first-order chi connectivity index (χ1) is 14.5. The topological polar surface area (TPSA) is 89.3 Å². The largest absolute Gasteiger partial charge is 0.493 e. The van der Waals surface area contributed by atoms with Gasteiger partial charge in [0, 0.05) is 18.0 Å². The number of nitrogens with zero attached hydrogens (tertiary/aromatic N) is 2. The van der Waals surface area contributed by atoms with Crippen molar-refractivity contribution in [3.05, 3.63) is 95.1 Å². The van der Waals surface area contributed by atoms with E-state index in [9.17, 15) is 19.2 Å². The fourth-order valence-corrected chi connectivity index (χ4v) is 2.58. The fourth-order valence-electron chi connectivity index (χ4n) is 2.58. The van der Waals surface area contributed by atoms with Gasteiger partial charge in [-0.25, -0.2) is 9.18 Å². The number of esters is 1. The van der Waals surface area contributed by atoms with E-state index in [1.165, 1.54) is 62.0 Å². The second-order valence-corrected chi connectivity index (χ2v) is 6.04. The lowest BCUT2D eigenvalue weighted by molar-refractivity contribution is 0.0729. The van der Waals surface area contributed by atoms with E-state index >= 15 is 0 Å². The van der Waals surface area contributed by atoms with Crippen LogP contribution >= 0.6 is 0 Å². The maximum atomic E-state index is 13.1. The lowest BCUT2D eigenvalue weighted by Crippen LogP contribution is -2.09. The van der Waals surface area contributed by atoms with Crippen LogP contribution in [0.2, 0.25) is 0 Å². The molecule has 0 N–H and O–H groups in total. The van der Waals surface area contributed by atoms with Crippen LogP contribution in [0.1, 0.15) is 26.3 Å². The van der Waals surface area contributed by atoms with E-state index in [1.54, 1.807) is 6.07 Å². The number of carbonyl (C=O) groups is 2. The molecule has 30 heavy (non-hydrogen) atoms. The van der Waals surface area contributed by atoms with Crippen molar-refractivity contribution < 1.29 is 23.5 Å². The molecule has 6 nitrogen and oxygen atoms in total. The Bertz CT molecular complexity index is 1150. The predicted molar refractivity (Wildman–Crippen MR) is 107 cm³/mol. The van der Waals surface area contributed by atoms with E-state index in [4.69, 9.17) is 9.47 Å². The minimum atomic E-state index is -0.580. The molecule has 3 rings (SSSR count). The lowest BCUT2D eigenvalue weighted by atomic mass is 10.0. The summed E-state index contributed by atoms with van der Waals surface area (Å²) < 4.78 is 23.7. The number of allylic oxidation sites excluding steroid dienone is 1. The number of hydrogen-bond acceptors (Lipinski definition) is 6. The summed E-state index contributed by atoms with van der Waals surface area (Å²) in [6.45, 7) is 0. The zero-order valence-electron chi connectivity index (χ0n) is 15.8. The summed E-state index contributed by atoms with van der Waals surface area (Å²) in [5.41, 5.74) is 0.875. The van der Waals surface area contributed by atoms with Gasteiger partial charge in [0.15, 0.2) is 11.5 Å². The number of ether oxygens (including phenoxy) is 2. The van der Waals surface area contributed by atoms with Crippen molar-refractivity contribution in [2.45, 2.75) is 0 Å². The van der Waals surface area contributed by atoms with Gasteiger partial charge in [0.1, 0.15) is 17.5 Å². The number of Topliss-reactive ketones (excluding diaryl/α,β-unsaturated/α-hetero) is 1. The first-order valence-corrected chi connectivity index (χ1v) is 8.74. The van der Waals surface area contributed by atoms with E-state index < -0.39 is 17.6 Å². The van der Waals surface area contributed by atoms with Crippen molar-refractivity contribution in [2.75, 3.05) is 7.11 Å². The molecular weight excluding hydrogens is 387 g/mol. The minimum Gasteiger partial charge on any atom is -0.493 e. The highest BCUT2D eigenvalue weighted by atomic mass is 19.1. The SMILES string of the molecule is COc1cc(/C=C(\C#N)C(=O)c2ccc(F)cc2)ccc1OC(=O)c1ccncc1. The Balaban J connectivity index is 1.85. The van der Waals surface area contributed by atoms with E-state index in [1.807, 2.05) is 6.07 Å². The van der Waals surface area contributed by atoms with E-state index in [0.29, 0.717) is 11.1 Å². The van der Waals surface area contributed by atoms with Crippen molar-refractivity contribution in [3.8, 4) is 17.6 Å². The molecule has 7 heteroatoms. The maximum absolute atomic E-state index is 13.1. The Morgan fingerprint density at radius 2 is 1.70 bits per heavy atom. The molecule has 0 bridgehead atoms. The molecule has 1 heterocycles. The van der Waals surface area contributed by atoms with Crippen molar-refractivity contribution in [2.24, 2.45) is 0 Å². The van der Waals surface area contributed by atoms with E-state index in [0.717, 1.165) is 12.1 Å². The highest BCUT2D eigenvalue weighted by Gasteiger charge is 2.15. The van der Waals surface area contributed by atoms with E-state index in [-0.39, 0.29) is 22.6 Å². The highest BCUT2D eigenvalue weighted by Crippen LogP contribution is 2.30. The standard InChI is InChI=1S/C23H15FN2O4/c1-29-21-13-15(2-7-20(21)30-23(28)17-8-10-26-11-9-17)12-18(14-25)22(27)16-3-5-19(24)6-4-16/h2-13H,1H3/b18-12+. The van der Waals surface area contributed by atoms with Crippen LogP contribution in [0.4, 0.5) is 4.39 Å². The Hall–Kier alpha value is -4.31. The minimum absolute atomic E-state index is 0.134. The van der Waals surface area contributed by atoms with Gasteiger partial charge in [-0.3, -0.25) is 9.78 Å². The highest BCUT2D eigenvalue weighted by molar-refractivity contribution is 6.14. The normalized spacial score (nSPS) is 10.8. The maximum Gasteiger partial charge on any atom is 0.343 e.